The number of hydrogen-bond acceptors (Lipinski definition) is 4. The normalized spacial score (nSPS) is 14.9. The molecule has 0 unspecified atom stereocenters. The number of nitriles is 1. The summed E-state index contributed by atoms with van der Waals surface area (Å²) in [5.41, 5.74) is 2.20. The lowest BCUT2D eigenvalue weighted by Crippen LogP contribution is -2.36. The summed E-state index contributed by atoms with van der Waals surface area (Å²) in [5.74, 6) is -2.17. The Hall–Kier alpha value is -2.39. The molecule has 24 heavy (non-hydrogen) atoms. The number of carbonyl (C=O) groups is 2. The zero-order valence-corrected chi connectivity index (χ0v) is 14.5. The number of nitrogens with zero attached hydrogens (tertiary/aromatic N) is 2. The standard InChI is InChI=1S/C18H19N3O2S/c1-11-8-15(12(2)21(11)10-14-4-3-7-24-14)17(22)16(9-19)18(23)20-13-5-6-13/h3-4,7-8,13,16H,5-6,10H2,1-2H3,(H,20,23)/t16-/m1/s1. The van der Waals surface area contributed by atoms with E-state index in [1.807, 2.05) is 42.0 Å². The van der Waals surface area contributed by atoms with Crippen molar-refractivity contribution in [2.75, 3.05) is 0 Å². The Bertz CT molecular complexity index is 810. The summed E-state index contributed by atoms with van der Waals surface area (Å²) in [7, 11) is 0. The maximum absolute atomic E-state index is 12.7. The molecule has 0 bridgehead atoms. The molecule has 3 rings (SSSR count). The zero-order chi connectivity index (χ0) is 17.3. The minimum atomic E-state index is -1.28. The molecule has 6 heteroatoms. The van der Waals surface area contributed by atoms with E-state index in [0.29, 0.717) is 12.1 Å². The molecule has 1 atom stereocenters. The third kappa shape index (κ3) is 3.26. The second-order valence-electron chi connectivity index (χ2n) is 6.16. The van der Waals surface area contributed by atoms with Gasteiger partial charge in [-0.05, 0) is 44.2 Å². The van der Waals surface area contributed by atoms with Crippen LogP contribution in [0.1, 0.15) is 39.5 Å². The average molecular weight is 341 g/mol. The lowest BCUT2D eigenvalue weighted by molar-refractivity contribution is -0.122. The third-order valence-electron chi connectivity index (χ3n) is 4.31. The van der Waals surface area contributed by atoms with E-state index in [1.54, 1.807) is 17.4 Å². The van der Waals surface area contributed by atoms with Crippen molar-refractivity contribution in [2.24, 2.45) is 5.92 Å². The molecule has 0 aromatic carbocycles. The van der Waals surface area contributed by atoms with Crippen LogP contribution in [0.3, 0.4) is 0 Å². The van der Waals surface area contributed by atoms with Crippen LogP contribution >= 0.6 is 11.3 Å². The number of thiophene rings is 1. The topological polar surface area (TPSA) is 74.9 Å². The number of hydrogen-bond donors (Lipinski definition) is 1. The molecule has 1 saturated carbocycles. The number of Topliss-reactive ketones (excluding diaryl/α,β-unsaturated/α-hetero) is 1. The molecule has 0 spiro atoms. The Labute approximate surface area is 144 Å². The van der Waals surface area contributed by atoms with Crippen LogP contribution in [0.15, 0.2) is 23.6 Å². The molecule has 2 heterocycles. The van der Waals surface area contributed by atoms with Crippen molar-refractivity contribution in [1.29, 1.82) is 5.26 Å². The highest BCUT2D eigenvalue weighted by Gasteiger charge is 2.33. The summed E-state index contributed by atoms with van der Waals surface area (Å²) in [4.78, 5) is 26.0. The Morgan fingerprint density at radius 3 is 2.79 bits per heavy atom. The highest BCUT2D eigenvalue weighted by molar-refractivity contribution is 7.09. The Kier molecular flexibility index (Phi) is 4.54. The first-order valence-corrected chi connectivity index (χ1v) is 8.82. The number of rotatable bonds is 6. The van der Waals surface area contributed by atoms with Gasteiger partial charge in [0.15, 0.2) is 11.7 Å². The van der Waals surface area contributed by atoms with Crippen molar-refractivity contribution in [3.63, 3.8) is 0 Å². The molecule has 2 aromatic heterocycles. The van der Waals surface area contributed by atoms with Gasteiger partial charge in [0.25, 0.3) is 0 Å². The van der Waals surface area contributed by atoms with Crippen molar-refractivity contribution >= 4 is 23.0 Å². The molecule has 5 nitrogen and oxygen atoms in total. The minimum absolute atomic E-state index is 0.132. The van der Waals surface area contributed by atoms with Gasteiger partial charge in [0.1, 0.15) is 0 Å². The summed E-state index contributed by atoms with van der Waals surface area (Å²) >= 11 is 1.66. The maximum atomic E-state index is 12.7. The smallest absolute Gasteiger partial charge is 0.245 e. The molecule has 0 aliphatic heterocycles. The van der Waals surface area contributed by atoms with Gasteiger partial charge in [-0.25, -0.2) is 0 Å². The average Bonchev–Trinajstić information content (AvgIpc) is 3.12. The van der Waals surface area contributed by atoms with Crippen LogP contribution in [-0.2, 0) is 11.3 Å². The van der Waals surface area contributed by atoms with Crippen molar-refractivity contribution < 1.29 is 9.59 Å². The second kappa shape index (κ2) is 6.62. The molecule has 0 radical (unpaired) electrons. The van der Waals surface area contributed by atoms with Crippen molar-refractivity contribution in [2.45, 2.75) is 39.3 Å². The van der Waals surface area contributed by atoms with E-state index in [9.17, 15) is 14.9 Å². The van der Waals surface area contributed by atoms with Crippen molar-refractivity contribution in [1.82, 2.24) is 9.88 Å². The molecule has 2 aromatic rings. The SMILES string of the molecule is Cc1cc(C(=O)[C@@H](C#N)C(=O)NC2CC2)c(C)n1Cc1cccs1. The van der Waals surface area contributed by atoms with Gasteiger partial charge < -0.3 is 9.88 Å². The maximum Gasteiger partial charge on any atom is 0.245 e. The summed E-state index contributed by atoms with van der Waals surface area (Å²) < 4.78 is 2.05. The van der Waals surface area contributed by atoms with E-state index in [4.69, 9.17) is 0 Å². The number of carbonyl (C=O) groups excluding carboxylic acids is 2. The van der Waals surface area contributed by atoms with E-state index < -0.39 is 17.6 Å². The number of aryl methyl sites for hydroxylation is 1. The lowest BCUT2D eigenvalue weighted by atomic mass is 9.98. The van der Waals surface area contributed by atoms with Crippen LogP contribution < -0.4 is 5.32 Å². The minimum Gasteiger partial charge on any atom is -0.352 e. The summed E-state index contributed by atoms with van der Waals surface area (Å²) in [5, 5.41) is 14.1. The number of aromatic nitrogens is 1. The first-order chi connectivity index (χ1) is 11.5. The fourth-order valence-electron chi connectivity index (χ4n) is 2.76. The van der Waals surface area contributed by atoms with Crippen LogP contribution in [0.2, 0.25) is 0 Å². The first-order valence-electron chi connectivity index (χ1n) is 7.94. The van der Waals surface area contributed by atoms with Crippen LogP contribution in [0.4, 0.5) is 0 Å². The van der Waals surface area contributed by atoms with E-state index >= 15 is 0 Å². The van der Waals surface area contributed by atoms with Gasteiger partial charge in [-0.15, -0.1) is 11.3 Å². The van der Waals surface area contributed by atoms with E-state index in [-0.39, 0.29) is 6.04 Å². The van der Waals surface area contributed by atoms with Crippen molar-refractivity contribution in [3.8, 4) is 6.07 Å². The molecular formula is C18H19N3O2S. The Balaban J connectivity index is 1.84. The predicted octanol–water partition coefficient (Wildman–Crippen LogP) is 2.82. The van der Waals surface area contributed by atoms with E-state index in [1.165, 1.54) is 4.88 Å². The largest absolute Gasteiger partial charge is 0.352 e. The van der Waals surface area contributed by atoms with Crippen LogP contribution in [0, 0.1) is 31.1 Å². The third-order valence-corrected chi connectivity index (χ3v) is 5.17. The molecule has 1 fully saturated rings. The molecule has 0 saturated heterocycles. The van der Waals surface area contributed by atoms with Crippen LogP contribution in [0.25, 0.3) is 0 Å². The fourth-order valence-corrected chi connectivity index (χ4v) is 3.45. The van der Waals surface area contributed by atoms with Crippen LogP contribution in [-0.4, -0.2) is 22.3 Å². The first kappa shape index (κ1) is 16.5. The molecular weight excluding hydrogens is 322 g/mol. The van der Waals surface area contributed by atoms with E-state index in [2.05, 4.69) is 5.32 Å². The van der Waals surface area contributed by atoms with Crippen molar-refractivity contribution in [3.05, 3.63) is 45.4 Å². The summed E-state index contributed by atoms with van der Waals surface area (Å²) in [6, 6.07) is 7.82. The number of amides is 1. The van der Waals surface area contributed by atoms with Crippen LogP contribution in [0.5, 0.6) is 0 Å². The highest BCUT2D eigenvalue weighted by Crippen LogP contribution is 2.23. The molecule has 1 amide bonds. The summed E-state index contributed by atoms with van der Waals surface area (Å²) in [6.45, 7) is 4.48. The number of nitrogens with one attached hydrogen (secondary N) is 1. The molecule has 1 aliphatic carbocycles. The van der Waals surface area contributed by atoms with Gasteiger partial charge >= 0.3 is 0 Å². The van der Waals surface area contributed by atoms with Gasteiger partial charge in [0.05, 0.1) is 12.6 Å². The van der Waals surface area contributed by atoms with Gasteiger partial charge in [0.2, 0.25) is 5.91 Å². The van der Waals surface area contributed by atoms with Gasteiger partial charge in [-0.1, -0.05) is 6.07 Å². The zero-order valence-electron chi connectivity index (χ0n) is 13.7. The number of ketones is 1. The predicted molar refractivity (Wildman–Crippen MR) is 91.9 cm³/mol. The summed E-state index contributed by atoms with van der Waals surface area (Å²) in [6.07, 6.45) is 1.85. The molecule has 1 aliphatic rings. The van der Waals surface area contributed by atoms with Gasteiger partial charge in [0, 0.05) is 27.9 Å². The molecule has 1 N–H and O–H groups in total. The second-order valence-corrected chi connectivity index (χ2v) is 7.19. The lowest BCUT2D eigenvalue weighted by Gasteiger charge is -2.10. The Morgan fingerprint density at radius 2 is 2.21 bits per heavy atom. The monoisotopic (exact) mass is 341 g/mol. The van der Waals surface area contributed by atoms with Gasteiger partial charge in [-0.2, -0.15) is 5.26 Å². The molecule has 124 valence electrons. The quantitative estimate of drug-likeness (QED) is 0.648. The Morgan fingerprint density at radius 1 is 1.46 bits per heavy atom. The highest BCUT2D eigenvalue weighted by atomic mass is 32.1. The fraction of sp³-hybridized carbons (Fsp3) is 0.389. The van der Waals surface area contributed by atoms with Gasteiger partial charge in [-0.3, -0.25) is 9.59 Å². The van der Waals surface area contributed by atoms with E-state index in [0.717, 1.165) is 24.2 Å².